The Balaban J connectivity index is 1.96. The molecule has 0 saturated heterocycles. The van der Waals surface area contributed by atoms with Gasteiger partial charge in [-0.05, 0) is 59.1 Å². The number of hydrogen-bond acceptors (Lipinski definition) is 4. The minimum atomic E-state index is -0.342. The van der Waals surface area contributed by atoms with Crippen molar-refractivity contribution in [3.05, 3.63) is 56.0 Å². The van der Waals surface area contributed by atoms with Gasteiger partial charge in [-0.3, -0.25) is 4.79 Å². The van der Waals surface area contributed by atoms with Crippen LogP contribution in [0.1, 0.15) is 16.7 Å². The quantitative estimate of drug-likeness (QED) is 0.504. The van der Waals surface area contributed by atoms with E-state index in [1.54, 1.807) is 7.11 Å². The fourth-order valence-corrected chi connectivity index (χ4v) is 3.54. The maximum atomic E-state index is 11.9. The molecular weight excluding hydrogens is 452 g/mol. The number of halogens is 2. The highest BCUT2D eigenvalue weighted by Gasteiger charge is 2.08. The summed E-state index contributed by atoms with van der Waals surface area (Å²) in [4.78, 5) is 11.9. The molecular formula is C18H18Br2N2O3. The summed E-state index contributed by atoms with van der Waals surface area (Å²) in [5.74, 6) is 0.981. The molecule has 0 bridgehead atoms. The predicted molar refractivity (Wildman–Crippen MR) is 106 cm³/mol. The molecule has 7 heteroatoms. The summed E-state index contributed by atoms with van der Waals surface area (Å²) >= 11 is 6.82. The molecule has 0 fully saturated rings. The fraction of sp³-hybridized carbons (Fsp3) is 0.222. The van der Waals surface area contributed by atoms with Crippen LogP contribution in [-0.4, -0.2) is 25.8 Å². The largest absolute Gasteiger partial charge is 0.495 e. The van der Waals surface area contributed by atoms with Crippen molar-refractivity contribution < 1.29 is 14.3 Å². The highest BCUT2D eigenvalue weighted by atomic mass is 79.9. The van der Waals surface area contributed by atoms with Crippen molar-refractivity contribution in [3.63, 3.8) is 0 Å². The van der Waals surface area contributed by atoms with E-state index < -0.39 is 0 Å². The van der Waals surface area contributed by atoms with Crippen LogP contribution in [-0.2, 0) is 4.79 Å². The second kappa shape index (κ2) is 9.01. The summed E-state index contributed by atoms with van der Waals surface area (Å²) in [6, 6.07) is 9.43. The van der Waals surface area contributed by atoms with Gasteiger partial charge in [0.1, 0.15) is 11.5 Å². The Morgan fingerprint density at radius 2 is 2.04 bits per heavy atom. The average Bonchev–Trinajstić information content (AvgIpc) is 2.56. The van der Waals surface area contributed by atoms with E-state index in [4.69, 9.17) is 9.47 Å². The van der Waals surface area contributed by atoms with Crippen LogP contribution in [0.5, 0.6) is 11.5 Å². The first-order chi connectivity index (χ1) is 11.9. The molecule has 25 heavy (non-hydrogen) atoms. The number of methoxy groups -OCH3 is 1. The molecule has 0 atom stereocenters. The maximum Gasteiger partial charge on any atom is 0.277 e. The Bertz CT molecular complexity index is 807. The Morgan fingerprint density at radius 1 is 1.28 bits per heavy atom. The van der Waals surface area contributed by atoms with Crippen molar-refractivity contribution in [2.75, 3.05) is 13.7 Å². The lowest BCUT2D eigenvalue weighted by atomic mass is 10.1. The number of nitrogens with one attached hydrogen (secondary N) is 1. The van der Waals surface area contributed by atoms with Crippen LogP contribution in [0.15, 0.2) is 44.4 Å². The zero-order chi connectivity index (χ0) is 18.4. The van der Waals surface area contributed by atoms with E-state index in [1.165, 1.54) is 6.21 Å². The zero-order valence-electron chi connectivity index (χ0n) is 14.1. The van der Waals surface area contributed by atoms with Gasteiger partial charge in [0.25, 0.3) is 5.91 Å². The van der Waals surface area contributed by atoms with Crippen LogP contribution < -0.4 is 14.9 Å². The lowest BCUT2D eigenvalue weighted by Gasteiger charge is -2.10. The number of nitrogens with zero attached hydrogens (tertiary/aromatic N) is 1. The molecule has 0 spiro atoms. The number of carbonyl (C=O) groups is 1. The molecule has 1 amide bonds. The molecule has 1 N–H and O–H groups in total. The third kappa shape index (κ3) is 5.31. The summed E-state index contributed by atoms with van der Waals surface area (Å²) < 4.78 is 12.5. The van der Waals surface area contributed by atoms with Gasteiger partial charge in [0.15, 0.2) is 6.61 Å². The van der Waals surface area contributed by atoms with E-state index in [0.29, 0.717) is 11.5 Å². The molecule has 0 aliphatic rings. The summed E-state index contributed by atoms with van der Waals surface area (Å²) in [5.41, 5.74) is 5.30. The lowest BCUT2D eigenvalue weighted by molar-refractivity contribution is -0.123. The molecule has 132 valence electrons. The molecule has 2 rings (SSSR count). The van der Waals surface area contributed by atoms with Crippen molar-refractivity contribution in [1.82, 2.24) is 5.43 Å². The van der Waals surface area contributed by atoms with Gasteiger partial charge in [0.2, 0.25) is 0 Å². The van der Waals surface area contributed by atoms with Gasteiger partial charge in [-0.2, -0.15) is 5.10 Å². The Kier molecular flexibility index (Phi) is 7.01. The molecule has 5 nitrogen and oxygen atoms in total. The standard InChI is InChI=1S/C18H18Br2N2O3/c1-11-5-4-6-16(12(11)2)25-10-17(23)22-21-9-13-7-14(19)8-15(20)18(13)24-3/h4-9H,10H2,1-3H3,(H,22,23)/b21-9-. The predicted octanol–water partition coefficient (Wildman–Crippen LogP) is 4.37. The molecule has 0 aliphatic carbocycles. The number of hydrogen-bond donors (Lipinski definition) is 1. The van der Waals surface area contributed by atoms with Crippen molar-refractivity contribution in [2.24, 2.45) is 5.10 Å². The summed E-state index contributed by atoms with van der Waals surface area (Å²) in [6.07, 6.45) is 1.52. The van der Waals surface area contributed by atoms with Gasteiger partial charge >= 0.3 is 0 Å². The topological polar surface area (TPSA) is 59.9 Å². The van der Waals surface area contributed by atoms with E-state index >= 15 is 0 Å². The van der Waals surface area contributed by atoms with Gasteiger partial charge < -0.3 is 9.47 Å². The number of hydrazone groups is 1. The van der Waals surface area contributed by atoms with Gasteiger partial charge in [-0.25, -0.2) is 5.43 Å². The van der Waals surface area contributed by atoms with Crippen molar-refractivity contribution in [1.29, 1.82) is 0 Å². The molecule has 0 aliphatic heterocycles. The van der Waals surface area contributed by atoms with Crippen LogP contribution in [0.2, 0.25) is 0 Å². The third-order valence-corrected chi connectivity index (χ3v) is 4.59. The monoisotopic (exact) mass is 468 g/mol. The highest BCUT2D eigenvalue weighted by molar-refractivity contribution is 9.11. The third-order valence-electron chi connectivity index (χ3n) is 3.55. The molecule has 0 saturated carbocycles. The molecule has 0 unspecified atom stereocenters. The normalized spacial score (nSPS) is 10.8. The van der Waals surface area contributed by atoms with Crippen molar-refractivity contribution in [3.8, 4) is 11.5 Å². The van der Waals surface area contributed by atoms with Crippen LogP contribution in [0.25, 0.3) is 0 Å². The fourth-order valence-electron chi connectivity index (χ4n) is 2.12. The second-order valence-electron chi connectivity index (χ2n) is 5.29. The summed E-state index contributed by atoms with van der Waals surface area (Å²) in [6.45, 7) is 3.84. The summed E-state index contributed by atoms with van der Waals surface area (Å²) in [5, 5.41) is 3.96. The minimum Gasteiger partial charge on any atom is -0.495 e. The number of ether oxygens (including phenoxy) is 2. The highest BCUT2D eigenvalue weighted by Crippen LogP contribution is 2.31. The zero-order valence-corrected chi connectivity index (χ0v) is 17.3. The van der Waals surface area contributed by atoms with E-state index in [-0.39, 0.29) is 12.5 Å². The van der Waals surface area contributed by atoms with Crippen LogP contribution in [0.4, 0.5) is 0 Å². The van der Waals surface area contributed by atoms with Crippen molar-refractivity contribution in [2.45, 2.75) is 13.8 Å². The molecule has 0 aromatic heterocycles. The van der Waals surface area contributed by atoms with E-state index in [1.807, 2.05) is 44.2 Å². The SMILES string of the molecule is COc1c(Br)cc(Br)cc1/C=N\NC(=O)COc1cccc(C)c1C. The molecule has 0 radical (unpaired) electrons. The van der Waals surface area contributed by atoms with E-state index in [9.17, 15) is 4.79 Å². The first kappa shape index (κ1) is 19.5. The number of amides is 1. The molecule has 2 aromatic rings. The van der Waals surface area contributed by atoms with Gasteiger partial charge in [-0.15, -0.1) is 0 Å². The van der Waals surface area contributed by atoms with Gasteiger partial charge in [-0.1, -0.05) is 28.1 Å². The molecule has 0 heterocycles. The number of carbonyl (C=O) groups excluding carboxylic acids is 1. The van der Waals surface area contributed by atoms with Crippen LogP contribution in [0, 0.1) is 13.8 Å². The average molecular weight is 470 g/mol. The number of benzene rings is 2. The van der Waals surface area contributed by atoms with Crippen LogP contribution >= 0.6 is 31.9 Å². The maximum absolute atomic E-state index is 11.9. The summed E-state index contributed by atoms with van der Waals surface area (Å²) in [7, 11) is 1.57. The number of aryl methyl sites for hydroxylation is 1. The second-order valence-corrected chi connectivity index (χ2v) is 7.06. The van der Waals surface area contributed by atoms with Gasteiger partial charge in [0, 0.05) is 10.0 Å². The van der Waals surface area contributed by atoms with Crippen LogP contribution in [0.3, 0.4) is 0 Å². The van der Waals surface area contributed by atoms with Crippen molar-refractivity contribution >= 4 is 44.0 Å². The van der Waals surface area contributed by atoms with Gasteiger partial charge in [0.05, 0.1) is 17.8 Å². The first-order valence-electron chi connectivity index (χ1n) is 7.46. The Morgan fingerprint density at radius 3 is 2.76 bits per heavy atom. The smallest absolute Gasteiger partial charge is 0.277 e. The van der Waals surface area contributed by atoms with E-state index in [2.05, 4.69) is 42.4 Å². The Labute approximate surface area is 163 Å². The number of rotatable bonds is 6. The minimum absolute atomic E-state index is 0.110. The van der Waals surface area contributed by atoms with E-state index in [0.717, 1.165) is 25.6 Å². The first-order valence-corrected chi connectivity index (χ1v) is 9.05. The molecule has 2 aromatic carbocycles. The Hall–Kier alpha value is -1.86. The lowest BCUT2D eigenvalue weighted by Crippen LogP contribution is -2.24.